The van der Waals surface area contributed by atoms with Gasteiger partial charge in [-0.1, -0.05) is 91.0 Å². The second kappa shape index (κ2) is 10.0. The number of rotatable bonds is 7. The average molecular weight is 487 g/mol. The van der Waals surface area contributed by atoms with Gasteiger partial charge in [-0.3, -0.25) is 14.3 Å². The zero-order chi connectivity index (χ0) is 25.1. The van der Waals surface area contributed by atoms with Crippen molar-refractivity contribution >= 4 is 0 Å². The number of hydrogen-bond acceptors (Lipinski definition) is 4. The third kappa shape index (κ3) is 4.43. The Morgan fingerprint density at radius 1 is 0.917 bits per heavy atom. The number of alkyl halides is 1. The minimum absolute atomic E-state index is 0.0194. The van der Waals surface area contributed by atoms with Gasteiger partial charge in [-0.15, -0.1) is 0 Å². The Balaban J connectivity index is 1.50. The molecule has 2 heterocycles. The van der Waals surface area contributed by atoms with E-state index >= 15 is 4.39 Å². The summed E-state index contributed by atoms with van der Waals surface area (Å²) in [5.41, 5.74) is 0.959. The van der Waals surface area contributed by atoms with Crippen molar-refractivity contribution in [3.05, 3.63) is 140 Å². The Labute approximate surface area is 208 Å². The summed E-state index contributed by atoms with van der Waals surface area (Å²) in [5, 5.41) is 0. The normalized spacial score (nSPS) is 19.9. The molecular formula is C29H27FN2O4. The van der Waals surface area contributed by atoms with E-state index in [1.165, 1.54) is 10.8 Å². The van der Waals surface area contributed by atoms with E-state index in [9.17, 15) is 9.59 Å². The third-order valence-corrected chi connectivity index (χ3v) is 6.62. The zero-order valence-corrected chi connectivity index (χ0v) is 19.8. The van der Waals surface area contributed by atoms with Gasteiger partial charge in [-0.25, -0.2) is 9.18 Å². The maximum Gasteiger partial charge on any atom is 0.330 e. The first-order valence-corrected chi connectivity index (χ1v) is 11.9. The molecule has 0 saturated carbocycles. The molecular weight excluding hydrogens is 459 g/mol. The quantitative estimate of drug-likeness (QED) is 0.391. The third-order valence-electron chi connectivity index (χ3n) is 6.62. The predicted octanol–water partition coefficient (Wildman–Crippen LogP) is 4.48. The number of halogens is 1. The molecule has 4 aromatic rings. The van der Waals surface area contributed by atoms with E-state index < -0.39 is 35.4 Å². The van der Waals surface area contributed by atoms with E-state index in [0.717, 1.165) is 16.7 Å². The van der Waals surface area contributed by atoms with Crippen molar-refractivity contribution in [2.75, 3.05) is 6.61 Å². The number of nitrogens with zero attached hydrogens (tertiary/aromatic N) is 1. The summed E-state index contributed by atoms with van der Waals surface area (Å²) in [6.07, 6.45) is -1.70. The van der Waals surface area contributed by atoms with Crippen molar-refractivity contribution in [3.63, 3.8) is 0 Å². The van der Waals surface area contributed by atoms with Crippen LogP contribution in [-0.2, 0) is 15.1 Å². The van der Waals surface area contributed by atoms with Gasteiger partial charge in [-0.2, -0.15) is 0 Å². The van der Waals surface area contributed by atoms with Crippen molar-refractivity contribution in [3.8, 4) is 0 Å². The number of aryl methyl sites for hydroxylation is 1. The monoisotopic (exact) mass is 486 g/mol. The molecule has 1 aromatic heterocycles. The lowest BCUT2D eigenvalue weighted by Crippen LogP contribution is -2.37. The van der Waals surface area contributed by atoms with Crippen LogP contribution in [0.5, 0.6) is 0 Å². The minimum Gasteiger partial charge on any atom is -0.358 e. The van der Waals surface area contributed by atoms with Crippen LogP contribution in [0.1, 0.15) is 34.9 Å². The SMILES string of the molecule is Cc1cn([C@@H]2C[C@@H](F)[C@H](COC(c3ccccc3)(c3ccccc3)c3ccccc3)O2)c(=O)[nH]c1=O. The van der Waals surface area contributed by atoms with Crippen molar-refractivity contribution in [1.82, 2.24) is 9.55 Å². The molecule has 0 unspecified atom stereocenters. The van der Waals surface area contributed by atoms with E-state index in [4.69, 9.17) is 9.47 Å². The highest BCUT2D eigenvalue weighted by Crippen LogP contribution is 2.41. The van der Waals surface area contributed by atoms with E-state index in [1.54, 1.807) is 6.92 Å². The molecule has 7 heteroatoms. The van der Waals surface area contributed by atoms with Crippen LogP contribution in [0.3, 0.4) is 0 Å². The summed E-state index contributed by atoms with van der Waals surface area (Å²) in [6.45, 7) is 1.54. The number of aromatic amines is 1. The van der Waals surface area contributed by atoms with Gasteiger partial charge < -0.3 is 9.47 Å². The molecule has 0 amide bonds. The molecule has 1 aliphatic rings. The standard InChI is InChI=1S/C29H27FN2O4/c1-20-18-32(28(34)31-27(20)33)26-17-24(30)25(36-26)19-35-29(21-11-5-2-6-12-21,22-13-7-3-8-14-22)23-15-9-4-10-16-23/h2-16,18,24-26H,17,19H2,1H3,(H,31,33,34)/t24-,25+,26+/m1/s1. The molecule has 3 atom stereocenters. The molecule has 6 nitrogen and oxygen atoms in total. The maximum absolute atomic E-state index is 15.2. The molecule has 1 N–H and O–H groups in total. The molecule has 1 saturated heterocycles. The molecule has 0 bridgehead atoms. The highest BCUT2D eigenvalue weighted by Gasteiger charge is 2.42. The van der Waals surface area contributed by atoms with Gasteiger partial charge in [0.15, 0.2) is 0 Å². The lowest BCUT2D eigenvalue weighted by Gasteiger charge is -2.36. The average Bonchev–Trinajstić information content (AvgIpc) is 3.28. The van der Waals surface area contributed by atoms with Gasteiger partial charge in [0, 0.05) is 18.2 Å². The highest BCUT2D eigenvalue weighted by molar-refractivity contribution is 5.47. The fraction of sp³-hybridized carbons (Fsp3) is 0.241. The summed E-state index contributed by atoms with van der Waals surface area (Å²) in [5.74, 6) is 0. The van der Waals surface area contributed by atoms with Gasteiger partial charge in [-0.05, 0) is 23.6 Å². The van der Waals surface area contributed by atoms with E-state index in [0.29, 0.717) is 5.56 Å². The fourth-order valence-corrected chi connectivity index (χ4v) is 4.79. The second-order valence-corrected chi connectivity index (χ2v) is 8.95. The van der Waals surface area contributed by atoms with Crippen molar-refractivity contribution in [2.24, 2.45) is 0 Å². The van der Waals surface area contributed by atoms with Crippen LogP contribution >= 0.6 is 0 Å². The van der Waals surface area contributed by atoms with Crippen molar-refractivity contribution < 1.29 is 13.9 Å². The Morgan fingerprint density at radius 3 is 1.92 bits per heavy atom. The van der Waals surface area contributed by atoms with Crippen LogP contribution < -0.4 is 11.2 Å². The number of hydrogen-bond donors (Lipinski definition) is 1. The molecule has 184 valence electrons. The van der Waals surface area contributed by atoms with Crippen LogP contribution in [0.2, 0.25) is 0 Å². The fourth-order valence-electron chi connectivity index (χ4n) is 4.79. The van der Waals surface area contributed by atoms with E-state index in [-0.39, 0.29) is 13.0 Å². The summed E-state index contributed by atoms with van der Waals surface area (Å²) in [6, 6.07) is 29.5. The molecule has 1 fully saturated rings. The van der Waals surface area contributed by atoms with Gasteiger partial charge in [0.2, 0.25) is 0 Å². The smallest absolute Gasteiger partial charge is 0.330 e. The van der Waals surface area contributed by atoms with E-state index in [1.807, 2.05) is 91.0 Å². The van der Waals surface area contributed by atoms with Crippen LogP contribution in [-0.4, -0.2) is 28.4 Å². The Hall–Kier alpha value is -3.81. The number of benzene rings is 3. The number of H-pyrrole nitrogens is 1. The van der Waals surface area contributed by atoms with Gasteiger partial charge in [0.05, 0.1) is 6.61 Å². The van der Waals surface area contributed by atoms with Gasteiger partial charge in [0.25, 0.3) is 5.56 Å². The van der Waals surface area contributed by atoms with Crippen LogP contribution in [0, 0.1) is 6.92 Å². The number of ether oxygens (including phenoxy) is 2. The summed E-state index contributed by atoms with van der Waals surface area (Å²) in [4.78, 5) is 26.3. The summed E-state index contributed by atoms with van der Waals surface area (Å²) >= 11 is 0. The van der Waals surface area contributed by atoms with Gasteiger partial charge in [0.1, 0.15) is 24.1 Å². The maximum atomic E-state index is 15.2. The molecule has 36 heavy (non-hydrogen) atoms. The minimum atomic E-state index is -1.35. The predicted molar refractivity (Wildman–Crippen MR) is 135 cm³/mol. The largest absolute Gasteiger partial charge is 0.358 e. The van der Waals surface area contributed by atoms with Crippen LogP contribution in [0.15, 0.2) is 107 Å². The molecule has 5 rings (SSSR count). The lowest BCUT2D eigenvalue weighted by atomic mass is 9.80. The zero-order valence-electron chi connectivity index (χ0n) is 19.8. The topological polar surface area (TPSA) is 73.3 Å². The number of nitrogens with one attached hydrogen (secondary N) is 1. The Bertz CT molecular complexity index is 1320. The van der Waals surface area contributed by atoms with Crippen LogP contribution in [0.4, 0.5) is 4.39 Å². The second-order valence-electron chi connectivity index (χ2n) is 8.95. The van der Waals surface area contributed by atoms with Crippen molar-refractivity contribution in [2.45, 2.75) is 37.4 Å². The molecule has 0 spiro atoms. The summed E-state index contributed by atoms with van der Waals surface area (Å²) in [7, 11) is 0. The van der Waals surface area contributed by atoms with Crippen molar-refractivity contribution in [1.29, 1.82) is 0 Å². The van der Waals surface area contributed by atoms with Gasteiger partial charge >= 0.3 is 5.69 Å². The first-order chi connectivity index (χ1) is 17.5. The Morgan fingerprint density at radius 2 is 1.42 bits per heavy atom. The highest BCUT2D eigenvalue weighted by atomic mass is 19.1. The number of aromatic nitrogens is 2. The summed E-state index contributed by atoms with van der Waals surface area (Å²) < 4.78 is 29.1. The molecule has 0 aliphatic carbocycles. The van der Waals surface area contributed by atoms with E-state index in [2.05, 4.69) is 4.98 Å². The Kier molecular flexibility index (Phi) is 6.67. The van der Waals surface area contributed by atoms with Crippen LogP contribution in [0.25, 0.3) is 0 Å². The first kappa shape index (κ1) is 23.9. The first-order valence-electron chi connectivity index (χ1n) is 11.9. The lowest BCUT2D eigenvalue weighted by molar-refractivity contribution is -0.0868. The molecule has 0 radical (unpaired) electrons. The molecule has 3 aromatic carbocycles. The molecule has 1 aliphatic heterocycles.